The van der Waals surface area contributed by atoms with Crippen LogP contribution in [0.25, 0.3) is 6.08 Å². The van der Waals surface area contributed by atoms with Crippen LogP contribution in [0.15, 0.2) is 29.2 Å². The quantitative estimate of drug-likeness (QED) is 0.583. The number of benzene rings is 1. The van der Waals surface area contributed by atoms with Crippen LogP contribution in [-0.2, 0) is 14.3 Å². The fraction of sp³-hybridized carbons (Fsp3) is 0.474. The summed E-state index contributed by atoms with van der Waals surface area (Å²) in [5, 5.41) is 1.01. The van der Waals surface area contributed by atoms with E-state index in [4.69, 9.17) is 16.3 Å². The fourth-order valence-corrected chi connectivity index (χ4v) is 5.02. The molecule has 1 aromatic carbocycles. The summed E-state index contributed by atoms with van der Waals surface area (Å²) in [4.78, 5) is 27.4. The second-order valence-corrected chi connectivity index (χ2v) is 8.02. The van der Waals surface area contributed by atoms with Gasteiger partial charge in [-0.05, 0) is 43.5 Å². The first kappa shape index (κ1) is 18.3. The second-order valence-electron chi connectivity index (χ2n) is 6.31. The minimum atomic E-state index is -0.335. The van der Waals surface area contributed by atoms with Gasteiger partial charge in [-0.2, -0.15) is 0 Å². The molecule has 6 heteroatoms. The maximum absolute atomic E-state index is 13.0. The third-order valence-electron chi connectivity index (χ3n) is 4.59. The molecule has 1 saturated heterocycles. The summed E-state index contributed by atoms with van der Waals surface area (Å²) < 4.78 is 5.07. The lowest BCUT2D eigenvalue weighted by molar-refractivity contribution is -0.149. The van der Waals surface area contributed by atoms with Gasteiger partial charge >= 0.3 is 5.97 Å². The predicted octanol–water partition coefficient (Wildman–Crippen LogP) is 4.13. The van der Waals surface area contributed by atoms with Crippen LogP contribution in [0.5, 0.6) is 0 Å². The van der Waals surface area contributed by atoms with E-state index in [0.717, 1.165) is 24.8 Å². The highest BCUT2D eigenvalue weighted by atomic mass is 35.5. The lowest BCUT2D eigenvalue weighted by Crippen LogP contribution is -2.53. The molecule has 0 N–H and O–H groups in total. The normalized spacial score (nSPS) is 25.0. The van der Waals surface area contributed by atoms with E-state index < -0.39 is 0 Å². The zero-order valence-electron chi connectivity index (χ0n) is 14.2. The summed E-state index contributed by atoms with van der Waals surface area (Å²) in [5.41, 5.74) is 0.936. The van der Waals surface area contributed by atoms with Crippen molar-refractivity contribution in [1.29, 1.82) is 0 Å². The summed E-state index contributed by atoms with van der Waals surface area (Å²) in [5.74, 6) is -0.408. The molecule has 0 aromatic heterocycles. The fourth-order valence-electron chi connectivity index (χ4n) is 3.42. The van der Waals surface area contributed by atoms with Crippen LogP contribution in [-0.4, -0.2) is 41.2 Å². The summed E-state index contributed by atoms with van der Waals surface area (Å²) in [6.45, 7) is 2.14. The van der Waals surface area contributed by atoms with Crippen LogP contribution < -0.4 is 0 Å². The molecule has 2 atom stereocenters. The van der Waals surface area contributed by atoms with Crippen molar-refractivity contribution >= 4 is 41.3 Å². The monoisotopic (exact) mass is 379 g/mol. The number of amides is 1. The molecule has 2 fully saturated rings. The molecule has 1 saturated carbocycles. The number of carbonyl (C=O) groups excluding carboxylic acids is 2. The number of carbonyl (C=O) groups is 2. The first-order chi connectivity index (χ1) is 12.1. The Morgan fingerprint density at radius 3 is 2.76 bits per heavy atom. The van der Waals surface area contributed by atoms with E-state index in [0.29, 0.717) is 21.8 Å². The van der Waals surface area contributed by atoms with Crippen LogP contribution in [0.2, 0.25) is 5.02 Å². The van der Waals surface area contributed by atoms with E-state index in [-0.39, 0.29) is 24.5 Å². The first-order valence-electron chi connectivity index (χ1n) is 8.69. The molecule has 0 bridgehead atoms. The number of hydrogen-bond donors (Lipinski definition) is 0. The lowest BCUT2D eigenvalue weighted by Gasteiger charge is -2.43. The van der Waals surface area contributed by atoms with Gasteiger partial charge in [0, 0.05) is 16.3 Å². The SMILES string of the molecule is CCOC(=O)CN1C(=O)/C(=C/c2ccc(Cl)cc2)SC2CCCCC21. The molecule has 4 nitrogen and oxygen atoms in total. The average Bonchev–Trinajstić information content (AvgIpc) is 2.60. The molecule has 0 spiro atoms. The molecule has 2 aliphatic rings. The van der Waals surface area contributed by atoms with Gasteiger partial charge in [-0.1, -0.05) is 36.6 Å². The number of halogens is 1. The van der Waals surface area contributed by atoms with E-state index in [9.17, 15) is 9.59 Å². The zero-order chi connectivity index (χ0) is 17.8. The van der Waals surface area contributed by atoms with E-state index in [1.807, 2.05) is 30.3 Å². The molecule has 25 heavy (non-hydrogen) atoms. The summed E-state index contributed by atoms with van der Waals surface area (Å²) in [6.07, 6.45) is 6.19. The lowest BCUT2D eigenvalue weighted by atomic mass is 9.93. The Morgan fingerprint density at radius 2 is 2.04 bits per heavy atom. The Hall–Kier alpha value is -1.46. The number of esters is 1. The Balaban J connectivity index is 1.85. The highest BCUT2D eigenvalue weighted by Gasteiger charge is 2.41. The van der Waals surface area contributed by atoms with Gasteiger partial charge in [-0.3, -0.25) is 9.59 Å². The number of rotatable bonds is 4. The molecular weight excluding hydrogens is 358 g/mol. The van der Waals surface area contributed by atoms with Crippen molar-refractivity contribution in [2.45, 2.75) is 43.9 Å². The minimum absolute atomic E-state index is 0.0341. The number of thioether (sulfide) groups is 1. The van der Waals surface area contributed by atoms with Gasteiger partial charge in [0.15, 0.2) is 0 Å². The number of hydrogen-bond acceptors (Lipinski definition) is 4. The highest BCUT2D eigenvalue weighted by molar-refractivity contribution is 8.04. The molecule has 2 unspecified atom stereocenters. The van der Waals surface area contributed by atoms with E-state index >= 15 is 0 Å². The third kappa shape index (κ3) is 4.39. The standard InChI is InChI=1S/C19H22ClNO3S/c1-2-24-18(22)12-21-15-5-3-4-6-16(15)25-17(19(21)23)11-13-7-9-14(20)10-8-13/h7-11,15-16H,2-6,12H2,1H3/b17-11-. The molecule has 1 aromatic rings. The molecule has 1 heterocycles. The smallest absolute Gasteiger partial charge is 0.325 e. The van der Waals surface area contributed by atoms with Crippen LogP contribution in [0.1, 0.15) is 38.2 Å². The van der Waals surface area contributed by atoms with E-state index in [1.54, 1.807) is 23.6 Å². The Labute approximate surface area is 157 Å². The summed E-state index contributed by atoms with van der Waals surface area (Å²) in [6, 6.07) is 7.53. The first-order valence-corrected chi connectivity index (χ1v) is 9.94. The van der Waals surface area contributed by atoms with Crippen molar-refractivity contribution in [3.63, 3.8) is 0 Å². The largest absolute Gasteiger partial charge is 0.465 e. The van der Waals surface area contributed by atoms with Crippen molar-refractivity contribution in [3.05, 3.63) is 39.8 Å². The van der Waals surface area contributed by atoms with Crippen molar-refractivity contribution in [2.24, 2.45) is 0 Å². The highest BCUT2D eigenvalue weighted by Crippen LogP contribution is 2.42. The number of ether oxygens (including phenoxy) is 1. The van der Waals surface area contributed by atoms with Gasteiger partial charge in [0.1, 0.15) is 6.54 Å². The van der Waals surface area contributed by atoms with Crippen LogP contribution >= 0.6 is 23.4 Å². The third-order valence-corrected chi connectivity index (χ3v) is 6.24. The van der Waals surface area contributed by atoms with Crippen molar-refractivity contribution in [1.82, 2.24) is 4.90 Å². The van der Waals surface area contributed by atoms with Crippen LogP contribution in [0.4, 0.5) is 0 Å². The van der Waals surface area contributed by atoms with Gasteiger partial charge in [-0.25, -0.2) is 0 Å². The molecule has 0 radical (unpaired) electrons. The maximum atomic E-state index is 13.0. The summed E-state index contributed by atoms with van der Waals surface area (Å²) in [7, 11) is 0. The topological polar surface area (TPSA) is 46.6 Å². The van der Waals surface area contributed by atoms with Crippen molar-refractivity contribution in [3.8, 4) is 0 Å². The predicted molar refractivity (Wildman–Crippen MR) is 101 cm³/mol. The maximum Gasteiger partial charge on any atom is 0.325 e. The Kier molecular flexibility index (Phi) is 6.07. The van der Waals surface area contributed by atoms with Gasteiger partial charge in [0.25, 0.3) is 5.91 Å². The van der Waals surface area contributed by atoms with Gasteiger partial charge in [0.2, 0.25) is 0 Å². The zero-order valence-corrected chi connectivity index (χ0v) is 15.8. The molecule has 1 aliphatic carbocycles. The number of nitrogens with zero attached hydrogens (tertiary/aromatic N) is 1. The van der Waals surface area contributed by atoms with Gasteiger partial charge in [-0.15, -0.1) is 11.8 Å². The number of fused-ring (bicyclic) bond motifs is 1. The summed E-state index contributed by atoms with van der Waals surface area (Å²) >= 11 is 7.58. The van der Waals surface area contributed by atoms with Crippen LogP contribution in [0, 0.1) is 0 Å². The minimum Gasteiger partial charge on any atom is -0.465 e. The Bertz CT molecular complexity index is 674. The van der Waals surface area contributed by atoms with Crippen molar-refractivity contribution in [2.75, 3.05) is 13.2 Å². The second kappa shape index (κ2) is 8.28. The van der Waals surface area contributed by atoms with Gasteiger partial charge < -0.3 is 9.64 Å². The van der Waals surface area contributed by atoms with Crippen molar-refractivity contribution < 1.29 is 14.3 Å². The molecule has 1 amide bonds. The van der Waals surface area contributed by atoms with Gasteiger partial charge in [0.05, 0.1) is 11.5 Å². The van der Waals surface area contributed by atoms with Crippen LogP contribution in [0.3, 0.4) is 0 Å². The average molecular weight is 380 g/mol. The molecule has 1 aliphatic heterocycles. The molecule has 3 rings (SSSR count). The molecular formula is C19H22ClNO3S. The Morgan fingerprint density at radius 1 is 1.32 bits per heavy atom. The molecule has 134 valence electrons. The van der Waals surface area contributed by atoms with E-state index in [1.165, 1.54) is 6.42 Å². The van der Waals surface area contributed by atoms with E-state index in [2.05, 4.69) is 0 Å².